The van der Waals surface area contributed by atoms with Crippen molar-refractivity contribution < 1.29 is 9.53 Å². The molecule has 0 aliphatic carbocycles. The molecule has 0 radical (unpaired) electrons. The number of unbranched alkanes of at least 4 members (excludes halogenated alkanes) is 9. The lowest BCUT2D eigenvalue weighted by atomic mass is 10.1. The first-order chi connectivity index (χ1) is 9.70. The molecule has 0 spiro atoms. The summed E-state index contributed by atoms with van der Waals surface area (Å²) in [5.74, 6) is -0.280. The van der Waals surface area contributed by atoms with Crippen LogP contribution in [0.1, 0.15) is 77.6 Å². The zero-order valence-electron chi connectivity index (χ0n) is 13.2. The summed E-state index contributed by atoms with van der Waals surface area (Å²) < 4.78 is 4.56. The minimum Gasteiger partial charge on any atom is -0.466 e. The average molecular weight is 347 g/mol. The number of halogens is 1. The lowest BCUT2D eigenvalue weighted by Gasteiger charge is -2.05. The number of esters is 1. The van der Waals surface area contributed by atoms with Crippen LogP contribution >= 0.6 is 15.9 Å². The molecule has 0 fully saturated rings. The Morgan fingerprint density at radius 3 is 2.00 bits per heavy atom. The zero-order chi connectivity index (χ0) is 15.1. The Morgan fingerprint density at radius 1 is 1.00 bits per heavy atom. The van der Waals surface area contributed by atoms with Gasteiger partial charge in [-0.2, -0.15) is 0 Å². The van der Waals surface area contributed by atoms with Crippen molar-refractivity contribution >= 4 is 21.9 Å². The fraction of sp³-hybridized carbons (Fsp3) is 0.824. The third-order valence-electron chi connectivity index (χ3n) is 3.48. The van der Waals surface area contributed by atoms with Gasteiger partial charge in [0.15, 0.2) is 0 Å². The van der Waals surface area contributed by atoms with Crippen LogP contribution in [0.15, 0.2) is 12.2 Å². The molecular formula is C17H31BrO2. The number of methoxy groups -OCH3 is 1. The van der Waals surface area contributed by atoms with Crippen molar-refractivity contribution in [2.45, 2.75) is 82.4 Å². The number of rotatable bonds is 13. The van der Waals surface area contributed by atoms with Gasteiger partial charge in [0.05, 0.1) is 7.11 Å². The van der Waals surface area contributed by atoms with Crippen LogP contribution in [0.3, 0.4) is 0 Å². The van der Waals surface area contributed by atoms with Gasteiger partial charge in [0.1, 0.15) is 0 Å². The summed E-state index contributed by atoms with van der Waals surface area (Å²) in [7, 11) is 1.40. The molecule has 0 aliphatic heterocycles. The van der Waals surface area contributed by atoms with Crippen molar-refractivity contribution in [3.05, 3.63) is 12.2 Å². The summed E-state index contributed by atoms with van der Waals surface area (Å²) in [6.45, 7) is 2.26. The number of alkyl halides is 1. The van der Waals surface area contributed by atoms with Gasteiger partial charge in [0, 0.05) is 10.9 Å². The lowest BCUT2D eigenvalue weighted by Crippen LogP contribution is -1.98. The summed E-state index contributed by atoms with van der Waals surface area (Å²) in [5, 5.41) is 0. The van der Waals surface area contributed by atoms with Crippen LogP contribution in [0, 0.1) is 0 Å². The number of carbonyl (C=O) groups is 1. The van der Waals surface area contributed by atoms with Gasteiger partial charge in [0.25, 0.3) is 0 Å². The molecule has 0 saturated heterocycles. The van der Waals surface area contributed by atoms with Crippen molar-refractivity contribution in [3.8, 4) is 0 Å². The molecule has 0 N–H and O–H groups in total. The van der Waals surface area contributed by atoms with Crippen LogP contribution in [0.5, 0.6) is 0 Å². The number of carbonyl (C=O) groups excluding carboxylic acids is 1. The number of allylic oxidation sites excluding steroid dienone is 1. The van der Waals surface area contributed by atoms with E-state index in [0.717, 1.165) is 6.42 Å². The first-order valence-electron chi connectivity index (χ1n) is 8.11. The van der Waals surface area contributed by atoms with Crippen LogP contribution in [0.2, 0.25) is 0 Å². The maximum atomic E-state index is 10.9. The standard InChI is InChI=1S/C17H31BrO2/c1-3-4-5-6-7-8-9-10-11-12-13-16(18)14-15-17(19)20-2/h14-16H,3-13H2,1-2H3/b15-14+. The van der Waals surface area contributed by atoms with E-state index >= 15 is 0 Å². The normalized spacial score (nSPS) is 12.8. The topological polar surface area (TPSA) is 26.3 Å². The second kappa shape index (κ2) is 15.1. The van der Waals surface area contributed by atoms with E-state index in [2.05, 4.69) is 27.6 Å². The van der Waals surface area contributed by atoms with Crippen molar-refractivity contribution in [3.63, 3.8) is 0 Å². The molecule has 2 nitrogen and oxygen atoms in total. The van der Waals surface area contributed by atoms with Crippen molar-refractivity contribution in [2.75, 3.05) is 7.11 Å². The summed E-state index contributed by atoms with van der Waals surface area (Å²) >= 11 is 3.56. The predicted molar refractivity (Wildman–Crippen MR) is 90.3 cm³/mol. The largest absolute Gasteiger partial charge is 0.466 e. The molecule has 0 bridgehead atoms. The monoisotopic (exact) mass is 346 g/mol. The SMILES string of the molecule is CCCCCCCCCCCCC(Br)/C=C/C(=O)OC. The molecule has 0 amide bonds. The minimum atomic E-state index is -0.280. The molecule has 20 heavy (non-hydrogen) atoms. The average Bonchev–Trinajstić information content (AvgIpc) is 2.46. The van der Waals surface area contributed by atoms with E-state index in [1.165, 1.54) is 77.4 Å². The van der Waals surface area contributed by atoms with Crippen LogP contribution in [-0.2, 0) is 9.53 Å². The van der Waals surface area contributed by atoms with Gasteiger partial charge in [0.2, 0.25) is 0 Å². The summed E-state index contributed by atoms with van der Waals surface area (Å²) in [6, 6.07) is 0. The van der Waals surface area contributed by atoms with Crippen LogP contribution in [0.25, 0.3) is 0 Å². The van der Waals surface area contributed by atoms with Crippen LogP contribution in [0.4, 0.5) is 0 Å². The van der Waals surface area contributed by atoms with Gasteiger partial charge >= 0.3 is 5.97 Å². The third kappa shape index (κ3) is 14.1. The Hall–Kier alpha value is -0.310. The summed E-state index contributed by atoms with van der Waals surface area (Å²) in [4.78, 5) is 11.2. The first kappa shape index (κ1) is 19.7. The van der Waals surface area contributed by atoms with Crippen molar-refractivity contribution in [1.29, 1.82) is 0 Å². The zero-order valence-corrected chi connectivity index (χ0v) is 14.8. The van der Waals surface area contributed by atoms with E-state index in [0.29, 0.717) is 0 Å². The number of hydrogen-bond acceptors (Lipinski definition) is 2. The highest BCUT2D eigenvalue weighted by Gasteiger charge is 2.01. The number of hydrogen-bond donors (Lipinski definition) is 0. The van der Waals surface area contributed by atoms with Gasteiger partial charge in [-0.1, -0.05) is 93.1 Å². The Balaban J connectivity index is 3.27. The quantitative estimate of drug-likeness (QED) is 0.182. The molecule has 0 saturated carbocycles. The minimum absolute atomic E-state index is 0.280. The van der Waals surface area contributed by atoms with Gasteiger partial charge in [-0.15, -0.1) is 0 Å². The van der Waals surface area contributed by atoms with Gasteiger partial charge in [-0.3, -0.25) is 0 Å². The summed E-state index contributed by atoms with van der Waals surface area (Å²) in [6.07, 6.45) is 18.0. The molecule has 3 heteroatoms. The lowest BCUT2D eigenvalue weighted by molar-refractivity contribution is -0.134. The fourth-order valence-electron chi connectivity index (χ4n) is 2.17. The molecule has 0 heterocycles. The first-order valence-corrected chi connectivity index (χ1v) is 9.02. The van der Waals surface area contributed by atoms with Gasteiger partial charge in [-0.05, 0) is 6.42 Å². The molecule has 0 aromatic heterocycles. The van der Waals surface area contributed by atoms with Gasteiger partial charge < -0.3 is 4.74 Å². The van der Waals surface area contributed by atoms with E-state index in [4.69, 9.17) is 0 Å². The Bertz CT molecular complexity index is 251. The predicted octanol–water partition coefficient (Wildman–Crippen LogP) is 5.79. The Morgan fingerprint density at radius 2 is 1.50 bits per heavy atom. The highest BCUT2D eigenvalue weighted by molar-refractivity contribution is 9.09. The number of ether oxygens (including phenoxy) is 1. The van der Waals surface area contributed by atoms with Crippen molar-refractivity contribution in [1.82, 2.24) is 0 Å². The highest BCUT2D eigenvalue weighted by Crippen LogP contribution is 2.15. The van der Waals surface area contributed by atoms with E-state index in [1.807, 2.05) is 6.08 Å². The van der Waals surface area contributed by atoms with E-state index in [1.54, 1.807) is 0 Å². The molecule has 0 rings (SSSR count). The second-order valence-electron chi connectivity index (χ2n) is 5.37. The molecule has 118 valence electrons. The maximum Gasteiger partial charge on any atom is 0.330 e. The Labute approximate surface area is 133 Å². The van der Waals surface area contributed by atoms with Gasteiger partial charge in [-0.25, -0.2) is 4.79 Å². The second-order valence-corrected chi connectivity index (χ2v) is 6.55. The summed E-state index contributed by atoms with van der Waals surface area (Å²) in [5.41, 5.74) is 0. The van der Waals surface area contributed by atoms with E-state index in [9.17, 15) is 4.79 Å². The molecule has 0 aromatic carbocycles. The third-order valence-corrected chi connectivity index (χ3v) is 4.24. The van der Waals surface area contributed by atoms with Crippen LogP contribution < -0.4 is 0 Å². The highest BCUT2D eigenvalue weighted by atomic mass is 79.9. The molecular weight excluding hydrogens is 316 g/mol. The van der Waals surface area contributed by atoms with E-state index < -0.39 is 0 Å². The Kier molecular flexibility index (Phi) is 14.9. The molecule has 1 atom stereocenters. The maximum absolute atomic E-state index is 10.9. The van der Waals surface area contributed by atoms with Crippen LogP contribution in [-0.4, -0.2) is 17.9 Å². The molecule has 0 aromatic rings. The van der Waals surface area contributed by atoms with Crippen molar-refractivity contribution in [2.24, 2.45) is 0 Å². The van der Waals surface area contributed by atoms with E-state index in [-0.39, 0.29) is 10.8 Å². The fourth-order valence-corrected chi connectivity index (χ4v) is 2.65. The smallest absolute Gasteiger partial charge is 0.330 e. The molecule has 1 unspecified atom stereocenters. The molecule has 0 aliphatic rings.